The van der Waals surface area contributed by atoms with E-state index in [1.165, 1.54) is 0 Å². The second-order valence-corrected chi connectivity index (χ2v) is 12.3. The number of esters is 1. The van der Waals surface area contributed by atoms with Gasteiger partial charge in [0.05, 0.1) is 35.8 Å². The lowest BCUT2D eigenvalue weighted by atomic mass is 9.66. The first-order valence-corrected chi connectivity index (χ1v) is 13.7. The first-order chi connectivity index (χ1) is 17.1. The number of aliphatic hydroxyl groups excluding tert-OH is 1. The molecule has 2 amide bonds. The van der Waals surface area contributed by atoms with Crippen molar-refractivity contribution in [1.82, 2.24) is 4.90 Å². The Bertz CT molecular complexity index is 1050. The molecule has 6 atom stereocenters. The summed E-state index contributed by atoms with van der Waals surface area (Å²) < 4.78 is 4.22. The SMILES string of the molecule is C=CCN(C(=O)C1N([C@@H](CC)CO)C(=O)[C@@H]2[C@@H](C(=O)OCC)[C@@]3(C)CCC12S3)c1c(C)cccc1C. The van der Waals surface area contributed by atoms with Crippen LogP contribution in [0.3, 0.4) is 0 Å². The number of anilines is 1. The van der Waals surface area contributed by atoms with Gasteiger partial charge in [0.25, 0.3) is 5.91 Å². The Hall–Kier alpha value is -2.32. The molecular weight excluding hydrogens is 476 g/mol. The van der Waals surface area contributed by atoms with Gasteiger partial charge in [-0.1, -0.05) is 31.2 Å². The first kappa shape index (κ1) is 26.7. The summed E-state index contributed by atoms with van der Waals surface area (Å²) in [6.07, 6.45) is 3.59. The number of nitrogens with zero attached hydrogens (tertiary/aromatic N) is 2. The van der Waals surface area contributed by atoms with Crippen LogP contribution in [0.25, 0.3) is 0 Å². The molecule has 0 saturated carbocycles. The van der Waals surface area contributed by atoms with Crippen LogP contribution in [0.15, 0.2) is 30.9 Å². The van der Waals surface area contributed by atoms with Gasteiger partial charge in [-0.3, -0.25) is 14.4 Å². The van der Waals surface area contributed by atoms with E-state index in [4.69, 9.17) is 4.74 Å². The molecule has 1 aromatic rings. The van der Waals surface area contributed by atoms with Crippen LogP contribution in [0.1, 0.15) is 51.2 Å². The van der Waals surface area contributed by atoms with Crippen molar-refractivity contribution in [3.8, 4) is 0 Å². The molecule has 2 bridgehead atoms. The summed E-state index contributed by atoms with van der Waals surface area (Å²) >= 11 is 1.62. The second-order valence-electron chi connectivity index (χ2n) is 10.4. The Morgan fingerprint density at radius 2 is 1.97 bits per heavy atom. The lowest BCUT2D eigenvalue weighted by molar-refractivity contribution is -0.155. The molecule has 8 heteroatoms. The van der Waals surface area contributed by atoms with E-state index in [2.05, 4.69) is 6.58 Å². The molecule has 3 aliphatic heterocycles. The van der Waals surface area contributed by atoms with Crippen molar-refractivity contribution in [3.05, 3.63) is 42.0 Å². The van der Waals surface area contributed by atoms with Crippen LogP contribution in [0.4, 0.5) is 5.69 Å². The van der Waals surface area contributed by atoms with E-state index in [-0.39, 0.29) is 31.0 Å². The van der Waals surface area contributed by atoms with Crippen LogP contribution in [-0.4, -0.2) is 69.1 Å². The molecular formula is C28H38N2O5S. The Balaban J connectivity index is 1.88. The van der Waals surface area contributed by atoms with Crippen LogP contribution < -0.4 is 4.90 Å². The Kier molecular flexibility index (Phi) is 7.32. The highest BCUT2D eigenvalue weighted by Gasteiger charge is 2.78. The number of likely N-dealkylation sites (tertiary alicyclic amines) is 1. The van der Waals surface area contributed by atoms with E-state index in [0.29, 0.717) is 19.4 Å². The fourth-order valence-corrected chi connectivity index (χ4v) is 9.16. The third-order valence-corrected chi connectivity index (χ3v) is 10.3. The van der Waals surface area contributed by atoms with Crippen LogP contribution in [0.2, 0.25) is 0 Å². The minimum Gasteiger partial charge on any atom is -0.466 e. The monoisotopic (exact) mass is 514 g/mol. The van der Waals surface area contributed by atoms with Crippen molar-refractivity contribution >= 4 is 35.2 Å². The van der Waals surface area contributed by atoms with E-state index in [0.717, 1.165) is 23.2 Å². The molecule has 4 rings (SSSR count). The highest BCUT2D eigenvalue weighted by atomic mass is 32.2. The second kappa shape index (κ2) is 9.86. The number of ether oxygens (including phenoxy) is 1. The van der Waals surface area contributed by atoms with Crippen LogP contribution >= 0.6 is 11.8 Å². The van der Waals surface area contributed by atoms with E-state index in [9.17, 15) is 19.5 Å². The standard InChI is InChI=1S/C28H38N2O5S/c1-7-15-29(22-17(4)11-10-12-18(22)5)25(33)23-28-14-13-27(6,36-28)21(26(34)35-9-3)20(28)24(32)30(23)19(8-2)16-31/h7,10-12,19-21,23,31H,1,8-9,13-16H2,2-6H3/t19-,20-,21-,23?,27+,28?/m0/s1. The zero-order valence-electron chi connectivity index (χ0n) is 22.0. The van der Waals surface area contributed by atoms with Gasteiger partial charge in [0.2, 0.25) is 5.91 Å². The molecule has 3 saturated heterocycles. The van der Waals surface area contributed by atoms with E-state index < -0.39 is 33.4 Å². The van der Waals surface area contributed by atoms with Gasteiger partial charge in [-0.2, -0.15) is 0 Å². The van der Waals surface area contributed by atoms with Gasteiger partial charge in [0.1, 0.15) is 6.04 Å². The predicted octanol–water partition coefficient (Wildman–Crippen LogP) is 3.64. The number of rotatable bonds is 9. The number of para-hydroxylation sites is 1. The molecule has 2 unspecified atom stereocenters. The first-order valence-electron chi connectivity index (χ1n) is 12.9. The summed E-state index contributed by atoms with van der Waals surface area (Å²) in [6, 6.07) is 4.60. The minimum absolute atomic E-state index is 0.184. The number of thioether (sulfide) groups is 1. The van der Waals surface area contributed by atoms with Gasteiger partial charge in [0.15, 0.2) is 0 Å². The number of benzene rings is 1. The Labute approximate surface area is 218 Å². The molecule has 196 valence electrons. The summed E-state index contributed by atoms with van der Waals surface area (Å²) in [7, 11) is 0. The normalized spacial score (nSPS) is 31.3. The van der Waals surface area contributed by atoms with Gasteiger partial charge in [0, 0.05) is 17.0 Å². The van der Waals surface area contributed by atoms with Crippen molar-refractivity contribution in [3.63, 3.8) is 0 Å². The van der Waals surface area contributed by atoms with Crippen molar-refractivity contribution in [2.45, 2.75) is 75.5 Å². The van der Waals surface area contributed by atoms with Crippen LogP contribution in [-0.2, 0) is 19.1 Å². The number of aryl methyl sites for hydroxylation is 2. The van der Waals surface area contributed by atoms with Crippen molar-refractivity contribution in [2.75, 3.05) is 24.7 Å². The van der Waals surface area contributed by atoms with Crippen LogP contribution in [0, 0.1) is 25.7 Å². The molecule has 36 heavy (non-hydrogen) atoms. The number of amides is 2. The van der Waals surface area contributed by atoms with E-state index >= 15 is 0 Å². The molecule has 1 spiro atoms. The van der Waals surface area contributed by atoms with Crippen molar-refractivity contribution in [1.29, 1.82) is 0 Å². The maximum absolute atomic E-state index is 14.6. The molecule has 3 aliphatic rings. The molecule has 1 N–H and O–H groups in total. The average Bonchev–Trinajstić information content (AvgIpc) is 3.40. The molecule has 0 aliphatic carbocycles. The van der Waals surface area contributed by atoms with Gasteiger partial charge >= 0.3 is 5.97 Å². The number of fused-ring (bicyclic) bond motifs is 1. The fourth-order valence-electron chi connectivity index (χ4n) is 6.84. The maximum Gasteiger partial charge on any atom is 0.311 e. The van der Waals surface area contributed by atoms with Gasteiger partial charge in [-0.25, -0.2) is 0 Å². The number of hydrogen-bond donors (Lipinski definition) is 1. The smallest absolute Gasteiger partial charge is 0.311 e. The third-order valence-electron chi connectivity index (χ3n) is 8.35. The number of hydrogen-bond acceptors (Lipinski definition) is 6. The topological polar surface area (TPSA) is 87.2 Å². The van der Waals surface area contributed by atoms with E-state index in [1.807, 2.05) is 45.9 Å². The molecule has 0 radical (unpaired) electrons. The minimum atomic E-state index is -0.794. The molecule has 1 aromatic carbocycles. The third kappa shape index (κ3) is 3.79. The van der Waals surface area contributed by atoms with Crippen molar-refractivity contribution in [2.24, 2.45) is 11.8 Å². The summed E-state index contributed by atoms with van der Waals surface area (Å²) in [6.45, 7) is 13.8. The van der Waals surface area contributed by atoms with Gasteiger partial charge < -0.3 is 19.6 Å². The molecule has 0 aromatic heterocycles. The van der Waals surface area contributed by atoms with Crippen molar-refractivity contribution < 1.29 is 24.2 Å². The predicted molar refractivity (Wildman–Crippen MR) is 142 cm³/mol. The summed E-state index contributed by atoms with van der Waals surface area (Å²) in [5.41, 5.74) is 2.74. The Morgan fingerprint density at radius 1 is 1.31 bits per heavy atom. The zero-order chi connectivity index (χ0) is 26.4. The van der Waals surface area contributed by atoms with E-state index in [1.54, 1.807) is 34.6 Å². The summed E-state index contributed by atoms with van der Waals surface area (Å²) in [4.78, 5) is 45.3. The van der Waals surface area contributed by atoms with Crippen LogP contribution in [0.5, 0.6) is 0 Å². The lowest BCUT2D eigenvalue weighted by Crippen LogP contribution is -2.57. The highest BCUT2D eigenvalue weighted by molar-refractivity contribution is 8.02. The molecule has 3 heterocycles. The summed E-state index contributed by atoms with van der Waals surface area (Å²) in [5, 5.41) is 10.3. The Morgan fingerprint density at radius 3 is 2.53 bits per heavy atom. The molecule has 3 fully saturated rings. The zero-order valence-corrected chi connectivity index (χ0v) is 22.8. The average molecular weight is 515 g/mol. The number of carbonyl (C=O) groups is 3. The summed E-state index contributed by atoms with van der Waals surface area (Å²) in [5.74, 6) is -2.04. The molecule has 7 nitrogen and oxygen atoms in total. The lowest BCUT2D eigenvalue weighted by Gasteiger charge is -2.40. The number of aliphatic hydroxyl groups is 1. The highest BCUT2D eigenvalue weighted by Crippen LogP contribution is 2.71. The van der Waals surface area contributed by atoms with Gasteiger partial charge in [-0.15, -0.1) is 18.3 Å². The largest absolute Gasteiger partial charge is 0.466 e. The fraction of sp³-hybridized carbons (Fsp3) is 0.607. The van der Waals surface area contributed by atoms with Gasteiger partial charge in [-0.05, 0) is 58.1 Å². The maximum atomic E-state index is 14.6. The number of carbonyl (C=O) groups excluding carboxylic acids is 3. The quantitative estimate of drug-likeness (QED) is 0.400.